The summed E-state index contributed by atoms with van der Waals surface area (Å²) in [6.07, 6.45) is 2.82. The van der Waals surface area contributed by atoms with E-state index in [4.69, 9.17) is 0 Å². The van der Waals surface area contributed by atoms with Crippen LogP contribution in [0.3, 0.4) is 0 Å². The molecule has 23 heavy (non-hydrogen) atoms. The largest absolute Gasteiger partial charge is 0.342 e. The number of anilines is 2. The zero-order valence-corrected chi connectivity index (χ0v) is 13.3. The molecule has 7 nitrogen and oxygen atoms in total. The molecular weight excluding hydrogens is 314 g/mol. The fourth-order valence-electron chi connectivity index (χ4n) is 2.34. The van der Waals surface area contributed by atoms with Crippen LogP contribution in [0.5, 0.6) is 0 Å². The van der Waals surface area contributed by atoms with E-state index in [-0.39, 0.29) is 12.3 Å². The van der Waals surface area contributed by atoms with E-state index in [9.17, 15) is 9.59 Å². The monoisotopic (exact) mass is 331 g/mol. The summed E-state index contributed by atoms with van der Waals surface area (Å²) in [6, 6.07) is 5.60. The lowest BCUT2D eigenvalue weighted by Crippen LogP contribution is -2.48. The molecule has 1 aliphatic rings. The van der Waals surface area contributed by atoms with Crippen LogP contribution in [0.2, 0.25) is 0 Å². The minimum atomic E-state index is 0.0465. The van der Waals surface area contributed by atoms with Crippen molar-refractivity contribution in [1.29, 1.82) is 0 Å². The van der Waals surface area contributed by atoms with Crippen molar-refractivity contribution in [3.8, 4) is 0 Å². The van der Waals surface area contributed by atoms with Gasteiger partial charge in [-0.05, 0) is 12.1 Å². The fraction of sp³-hybridized carbons (Fsp3) is 0.333. The number of piperazine rings is 1. The normalized spacial score (nSPS) is 14.6. The third kappa shape index (κ3) is 4.04. The summed E-state index contributed by atoms with van der Waals surface area (Å²) in [6.45, 7) is 2.36. The average molecular weight is 331 g/mol. The summed E-state index contributed by atoms with van der Waals surface area (Å²) in [5, 5.41) is 5.72. The van der Waals surface area contributed by atoms with E-state index in [1.54, 1.807) is 16.0 Å². The minimum Gasteiger partial charge on any atom is -0.342 e. The van der Waals surface area contributed by atoms with Gasteiger partial charge in [0.2, 0.25) is 12.3 Å². The van der Waals surface area contributed by atoms with Crippen LogP contribution < -0.4 is 5.32 Å². The highest BCUT2D eigenvalue weighted by molar-refractivity contribution is 7.13. The van der Waals surface area contributed by atoms with Crippen LogP contribution in [0, 0.1) is 0 Å². The number of thiazole rings is 1. The molecule has 3 rings (SSSR count). The number of carbonyl (C=O) groups is 2. The highest BCUT2D eigenvalue weighted by Gasteiger charge is 2.21. The predicted molar refractivity (Wildman–Crippen MR) is 87.6 cm³/mol. The fourth-order valence-corrected chi connectivity index (χ4v) is 3.05. The lowest BCUT2D eigenvalue weighted by atomic mass is 10.2. The Morgan fingerprint density at radius 2 is 2.13 bits per heavy atom. The van der Waals surface area contributed by atoms with Crippen molar-refractivity contribution >= 4 is 34.6 Å². The Balaban J connectivity index is 1.54. The second-order valence-electron chi connectivity index (χ2n) is 5.18. The number of nitrogens with one attached hydrogen (secondary N) is 1. The number of carbonyl (C=O) groups excluding carboxylic acids is 2. The predicted octanol–water partition coefficient (Wildman–Crippen LogP) is 1.12. The topological polar surface area (TPSA) is 78.4 Å². The number of amides is 2. The first-order valence-corrected chi connectivity index (χ1v) is 8.22. The van der Waals surface area contributed by atoms with Crippen LogP contribution in [0.4, 0.5) is 10.9 Å². The Morgan fingerprint density at radius 1 is 1.30 bits per heavy atom. The Labute approximate surface area is 138 Å². The van der Waals surface area contributed by atoms with Crippen molar-refractivity contribution in [2.24, 2.45) is 0 Å². The molecule has 1 fully saturated rings. The summed E-state index contributed by atoms with van der Waals surface area (Å²) in [7, 11) is 0. The number of pyridine rings is 1. The SMILES string of the molecule is O=CN1CCN(C(=O)Cc2csc(Nc3ccccn3)n2)CC1. The summed E-state index contributed by atoms with van der Waals surface area (Å²) < 4.78 is 0. The van der Waals surface area contributed by atoms with E-state index in [1.165, 1.54) is 11.3 Å². The molecule has 3 heterocycles. The van der Waals surface area contributed by atoms with Gasteiger partial charge in [-0.25, -0.2) is 9.97 Å². The third-order valence-corrected chi connectivity index (χ3v) is 4.41. The van der Waals surface area contributed by atoms with E-state index in [1.807, 2.05) is 23.6 Å². The molecule has 0 atom stereocenters. The lowest BCUT2D eigenvalue weighted by Gasteiger charge is -2.32. The first-order valence-electron chi connectivity index (χ1n) is 7.34. The van der Waals surface area contributed by atoms with Gasteiger partial charge in [0.05, 0.1) is 12.1 Å². The summed E-state index contributed by atoms with van der Waals surface area (Å²) in [5.74, 6) is 0.773. The van der Waals surface area contributed by atoms with Crippen molar-refractivity contribution in [3.05, 3.63) is 35.5 Å². The Kier molecular flexibility index (Phi) is 4.82. The van der Waals surface area contributed by atoms with Crippen LogP contribution in [0.15, 0.2) is 29.8 Å². The number of hydrogen-bond acceptors (Lipinski definition) is 6. The van der Waals surface area contributed by atoms with E-state index in [0.29, 0.717) is 26.2 Å². The average Bonchev–Trinajstić information content (AvgIpc) is 3.02. The van der Waals surface area contributed by atoms with Crippen molar-refractivity contribution in [2.75, 3.05) is 31.5 Å². The smallest absolute Gasteiger partial charge is 0.228 e. The van der Waals surface area contributed by atoms with Gasteiger partial charge in [-0.1, -0.05) is 6.07 Å². The van der Waals surface area contributed by atoms with E-state index in [2.05, 4.69) is 15.3 Å². The quantitative estimate of drug-likeness (QED) is 0.831. The maximum absolute atomic E-state index is 12.3. The highest BCUT2D eigenvalue weighted by Crippen LogP contribution is 2.20. The number of rotatable bonds is 5. The van der Waals surface area contributed by atoms with Crippen LogP contribution in [-0.4, -0.2) is 58.3 Å². The molecule has 0 saturated carbocycles. The van der Waals surface area contributed by atoms with Gasteiger partial charge < -0.3 is 15.1 Å². The van der Waals surface area contributed by atoms with Crippen LogP contribution in [0.1, 0.15) is 5.69 Å². The lowest BCUT2D eigenvalue weighted by molar-refractivity contribution is -0.134. The van der Waals surface area contributed by atoms with Crippen LogP contribution >= 0.6 is 11.3 Å². The molecule has 120 valence electrons. The molecule has 1 N–H and O–H groups in total. The van der Waals surface area contributed by atoms with E-state index < -0.39 is 0 Å². The second-order valence-corrected chi connectivity index (χ2v) is 6.04. The standard InChI is InChI=1S/C15H17N5O2S/c21-11-19-5-7-20(8-6-19)14(22)9-12-10-23-15(17-12)18-13-3-1-2-4-16-13/h1-4,10-11H,5-9H2,(H,16,17,18). The van der Waals surface area contributed by atoms with E-state index >= 15 is 0 Å². The molecule has 0 aromatic carbocycles. The molecule has 0 radical (unpaired) electrons. The molecule has 0 unspecified atom stereocenters. The van der Waals surface area contributed by atoms with Gasteiger partial charge in [0.25, 0.3) is 0 Å². The van der Waals surface area contributed by atoms with Crippen LogP contribution in [0.25, 0.3) is 0 Å². The molecule has 2 aromatic heterocycles. The van der Waals surface area contributed by atoms with Gasteiger partial charge in [0, 0.05) is 37.8 Å². The van der Waals surface area contributed by atoms with Gasteiger partial charge >= 0.3 is 0 Å². The molecule has 8 heteroatoms. The summed E-state index contributed by atoms with van der Waals surface area (Å²) in [5.41, 5.74) is 0.747. The highest BCUT2D eigenvalue weighted by atomic mass is 32.1. The van der Waals surface area contributed by atoms with Crippen molar-refractivity contribution in [3.63, 3.8) is 0 Å². The second kappa shape index (κ2) is 7.19. The first kappa shape index (κ1) is 15.4. The Morgan fingerprint density at radius 3 is 2.83 bits per heavy atom. The van der Waals surface area contributed by atoms with E-state index in [0.717, 1.165) is 23.1 Å². The zero-order valence-electron chi connectivity index (χ0n) is 12.5. The third-order valence-electron chi connectivity index (χ3n) is 3.60. The Hall–Kier alpha value is -2.48. The van der Waals surface area contributed by atoms with Crippen molar-refractivity contribution in [2.45, 2.75) is 6.42 Å². The van der Waals surface area contributed by atoms with Gasteiger partial charge in [-0.3, -0.25) is 9.59 Å². The molecule has 1 aliphatic heterocycles. The Bertz CT molecular complexity index is 668. The molecule has 0 bridgehead atoms. The molecule has 1 saturated heterocycles. The number of nitrogens with zero attached hydrogens (tertiary/aromatic N) is 4. The molecule has 2 aromatic rings. The maximum atomic E-state index is 12.3. The van der Waals surface area contributed by atoms with Crippen LogP contribution in [-0.2, 0) is 16.0 Å². The maximum Gasteiger partial charge on any atom is 0.228 e. The van der Waals surface area contributed by atoms with Crippen molar-refractivity contribution in [1.82, 2.24) is 19.8 Å². The first-order chi connectivity index (χ1) is 11.2. The summed E-state index contributed by atoms with van der Waals surface area (Å²) in [4.78, 5) is 35.0. The molecule has 2 amide bonds. The summed E-state index contributed by atoms with van der Waals surface area (Å²) >= 11 is 1.45. The zero-order chi connectivity index (χ0) is 16.1. The molecular formula is C15H17N5O2S. The number of aromatic nitrogens is 2. The van der Waals surface area contributed by atoms with Gasteiger partial charge in [0.1, 0.15) is 5.82 Å². The molecule has 0 aliphatic carbocycles. The van der Waals surface area contributed by atoms with Gasteiger partial charge in [-0.15, -0.1) is 11.3 Å². The number of hydrogen-bond donors (Lipinski definition) is 1. The van der Waals surface area contributed by atoms with Crippen molar-refractivity contribution < 1.29 is 9.59 Å². The minimum absolute atomic E-state index is 0.0465. The van der Waals surface area contributed by atoms with Gasteiger partial charge in [-0.2, -0.15) is 0 Å². The molecule has 0 spiro atoms. The van der Waals surface area contributed by atoms with Gasteiger partial charge in [0.15, 0.2) is 5.13 Å².